The maximum atomic E-state index is 6.49. The summed E-state index contributed by atoms with van der Waals surface area (Å²) >= 11 is 0. The van der Waals surface area contributed by atoms with Crippen molar-refractivity contribution < 1.29 is 0 Å². The Bertz CT molecular complexity index is 326. The van der Waals surface area contributed by atoms with Gasteiger partial charge in [-0.15, -0.1) is 0 Å². The third-order valence-corrected chi connectivity index (χ3v) is 4.10. The fourth-order valence-electron chi connectivity index (χ4n) is 2.99. The average molecular weight is 218 g/mol. The van der Waals surface area contributed by atoms with Gasteiger partial charge in [-0.2, -0.15) is 0 Å². The molecule has 0 aliphatic heterocycles. The van der Waals surface area contributed by atoms with Crippen LogP contribution in [0.3, 0.4) is 0 Å². The second-order valence-corrected chi connectivity index (χ2v) is 5.09. The quantitative estimate of drug-likeness (QED) is 0.845. The normalized spacial score (nSPS) is 21.2. The highest BCUT2D eigenvalue weighted by molar-refractivity contribution is 5.23. The lowest BCUT2D eigenvalue weighted by atomic mass is 9.83. The molecule has 0 unspecified atom stereocenters. The molecule has 2 N–H and O–H groups in total. The van der Waals surface area contributed by atoms with Gasteiger partial charge in [0.05, 0.1) is 0 Å². The first-order valence-corrected chi connectivity index (χ1v) is 6.15. The molecular weight excluding hydrogens is 196 g/mol. The highest BCUT2D eigenvalue weighted by Gasteiger charge is 2.41. The van der Waals surface area contributed by atoms with Crippen molar-refractivity contribution in [2.75, 3.05) is 14.1 Å². The maximum absolute atomic E-state index is 6.49. The number of nitrogens with zero attached hydrogens (tertiary/aromatic N) is 1. The zero-order valence-corrected chi connectivity index (χ0v) is 10.3. The molecule has 1 aliphatic carbocycles. The Morgan fingerprint density at radius 1 is 1.12 bits per heavy atom. The van der Waals surface area contributed by atoms with Gasteiger partial charge in [-0.05, 0) is 32.5 Å². The van der Waals surface area contributed by atoms with Crippen LogP contribution in [-0.4, -0.2) is 24.5 Å². The Morgan fingerprint density at radius 3 is 2.19 bits per heavy atom. The molecule has 2 nitrogen and oxygen atoms in total. The lowest BCUT2D eigenvalue weighted by molar-refractivity contribution is 0.123. The summed E-state index contributed by atoms with van der Waals surface area (Å²) in [5.41, 5.74) is 7.92. The summed E-state index contributed by atoms with van der Waals surface area (Å²) in [7, 11) is 4.32. The second kappa shape index (κ2) is 4.56. The molecule has 1 saturated carbocycles. The minimum atomic E-state index is 0.131. The van der Waals surface area contributed by atoms with Gasteiger partial charge in [0.2, 0.25) is 0 Å². The summed E-state index contributed by atoms with van der Waals surface area (Å²) in [6, 6.07) is 10.6. The van der Waals surface area contributed by atoms with Crippen LogP contribution in [0.15, 0.2) is 30.3 Å². The molecule has 0 radical (unpaired) electrons. The van der Waals surface area contributed by atoms with E-state index in [1.54, 1.807) is 0 Å². The van der Waals surface area contributed by atoms with Gasteiger partial charge in [0.1, 0.15) is 0 Å². The Balaban J connectivity index is 2.28. The molecule has 0 bridgehead atoms. The summed E-state index contributed by atoms with van der Waals surface area (Å²) in [6.45, 7) is 0. The van der Waals surface area contributed by atoms with E-state index >= 15 is 0 Å². The van der Waals surface area contributed by atoms with Gasteiger partial charge in [-0.3, -0.25) is 0 Å². The van der Waals surface area contributed by atoms with Crippen LogP contribution in [0.1, 0.15) is 37.3 Å². The Hall–Kier alpha value is -0.860. The molecule has 0 spiro atoms. The molecule has 0 saturated heterocycles. The van der Waals surface area contributed by atoms with Crippen LogP contribution >= 0.6 is 0 Å². The van der Waals surface area contributed by atoms with E-state index in [9.17, 15) is 0 Å². The number of hydrogen-bond acceptors (Lipinski definition) is 2. The summed E-state index contributed by atoms with van der Waals surface area (Å²) in [4.78, 5) is 2.33. The van der Waals surface area contributed by atoms with Crippen LogP contribution < -0.4 is 5.73 Å². The third-order valence-electron chi connectivity index (χ3n) is 4.10. The summed E-state index contributed by atoms with van der Waals surface area (Å²) < 4.78 is 0. The first-order valence-electron chi connectivity index (χ1n) is 6.15. The van der Waals surface area contributed by atoms with Crippen molar-refractivity contribution in [2.45, 2.75) is 37.3 Å². The SMILES string of the molecule is CN(C)C1([C@@H](N)c2ccccc2)CCCC1. The van der Waals surface area contributed by atoms with Crippen molar-refractivity contribution >= 4 is 0 Å². The van der Waals surface area contributed by atoms with Crippen molar-refractivity contribution in [1.82, 2.24) is 4.90 Å². The van der Waals surface area contributed by atoms with E-state index in [-0.39, 0.29) is 11.6 Å². The van der Waals surface area contributed by atoms with E-state index in [0.717, 1.165) is 0 Å². The number of likely N-dealkylation sites (N-methyl/N-ethyl adjacent to an activating group) is 1. The molecule has 0 amide bonds. The van der Waals surface area contributed by atoms with E-state index in [2.05, 4.69) is 43.3 Å². The zero-order valence-electron chi connectivity index (χ0n) is 10.3. The van der Waals surface area contributed by atoms with Gasteiger partial charge in [-0.1, -0.05) is 43.2 Å². The molecular formula is C14H22N2. The van der Waals surface area contributed by atoms with Crippen molar-refractivity contribution in [1.29, 1.82) is 0 Å². The molecule has 1 fully saturated rings. The van der Waals surface area contributed by atoms with Crippen LogP contribution in [0.4, 0.5) is 0 Å². The lowest BCUT2D eigenvalue weighted by Crippen LogP contribution is -2.50. The van der Waals surface area contributed by atoms with Crippen LogP contribution in [0.25, 0.3) is 0 Å². The first-order chi connectivity index (χ1) is 7.67. The molecule has 1 aromatic carbocycles. The minimum Gasteiger partial charge on any atom is -0.322 e. The van der Waals surface area contributed by atoms with Gasteiger partial charge >= 0.3 is 0 Å². The van der Waals surface area contributed by atoms with Crippen LogP contribution in [-0.2, 0) is 0 Å². The van der Waals surface area contributed by atoms with Gasteiger partial charge in [0.25, 0.3) is 0 Å². The Kier molecular flexibility index (Phi) is 3.31. The topological polar surface area (TPSA) is 29.3 Å². The number of rotatable bonds is 3. The van der Waals surface area contributed by atoms with Crippen LogP contribution in [0.5, 0.6) is 0 Å². The Labute approximate surface area is 98.4 Å². The third kappa shape index (κ3) is 1.87. The van der Waals surface area contributed by atoms with Gasteiger partial charge in [0.15, 0.2) is 0 Å². The fraction of sp³-hybridized carbons (Fsp3) is 0.571. The summed E-state index contributed by atoms with van der Waals surface area (Å²) in [5.74, 6) is 0. The predicted molar refractivity (Wildman–Crippen MR) is 68.3 cm³/mol. The number of benzene rings is 1. The monoisotopic (exact) mass is 218 g/mol. The van der Waals surface area contributed by atoms with Crippen molar-refractivity contribution in [2.24, 2.45) is 5.73 Å². The van der Waals surface area contributed by atoms with Gasteiger partial charge in [0, 0.05) is 11.6 Å². The van der Waals surface area contributed by atoms with Gasteiger partial charge in [-0.25, -0.2) is 0 Å². The molecule has 2 heteroatoms. The smallest absolute Gasteiger partial charge is 0.0481 e. The van der Waals surface area contributed by atoms with Crippen molar-refractivity contribution in [3.8, 4) is 0 Å². The molecule has 1 atom stereocenters. The number of hydrogen-bond donors (Lipinski definition) is 1. The van der Waals surface area contributed by atoms with Crippen molar-refractivity contribution in [3.63, 3.8) is 0 Å². The lowest BCUT2D eigenvalue weighted by Gasteiger charge is -2.41. The van der Waals surface area contributed by atoms with E-state index in [1.807, 2.05) is 6.07 Å². The summed E-state index contributed by atoms with van der Waals surface area (Å²) in [6.07, 6.45) is 5.05. The van der Waals surface area contributed by atoms with Crippen LogP contribution in [0, 0.1) is 0 Å². The van der Waals surface area contributed by atoms with Crippen LogP contribution in [0.2, 0.25) is 0 Å². The molecule has 1 aliphatic rings. The average Bonchev–Trinajstić information content (AvgIpc) is 2.79. The molecule has 0 aromatic heterocycles. The van der Waals surface area contributed by atoms with E-state index in [4.69, 9.17) is 5.73 Å². The number of nitrogens with two attached hydrogens (primary N) is 1. The molecule has 0 heterocycles. The van der Waals surface area contributed by atoms with Crippen molar-refractivity contribution in [3.05, 3.63) is 35.9 Å². The minimum absolute atomic E-state index is 0.131. The second-order valence-electron chi connectivity index (χ2n) is 5.09. The maximum Gasteiger partial charge on any atom is 0.0481 e. The van der Waals surface area contributed by atoms with E-state index < -0.39 is 0 Å². The highest BCUT2D eigenvalue weighted by atomic mass is 15.2. The predicted octanol–water partition coefficient (Wildman–Crippen LogP) is 2.56. The zero-order chi connectivity index (χ0) is 11.6. The standard InChI is InChI=1S/C14H22N2/c1-16(2)14(10-6-7-11-14)13(15)12-8-4-3-5-9-12/h3-5,8-9,13H,6-7,10-11,15H2,1-2H3/t13-/m0/s1. The largest absolute Gasteiger partial charge is 0.322 e. The van der Waals surface area contributed by atoms with E-state index in [1.165, 1.54) is 31.2 Å². The first kappa shape index (κ1) is 11.6. The fourth-order valence-corrected chi connectivity index (χ4v) is 2.99. The van der Waals surface area contributed by atoms with E-state index in [0.29, 0.717) is 0 Å². The van der Waals surface area contributed by atoms with Gasteiger partial charge < -0.3 is 10.6 Å². The molecule has 88 valence electrons. The Morgan fingerprint density at radius 2 is 1.69 bits per heavy atom. The molecule has 1 aromatic rings. The molecule has 16 heavy (non-hydrogen) atoms. The summed E-state index contributed by atoms with van der Waals surface area (Å²) in [5, 5.41) is 0. The molecule has 2 rings (SSSR count). The highest BCUT2D eigenvalue weighted by Crippen LogP contribution is 2.41.